The van der Waals surface area contributed by atoms with Crippen LogP contribution in [0.15, 0.2) is 35.3 Å². The molecule has 1 aromatic rings. The molecule has 4 nitrogen and oxygen atoms in total. The van der Waals surface area contributed by atoms with Crippen LogP contribution in [-0.2, 0) is 11.4 Å². The van der Waals surface area contributed by atoms with E-state index in [1.807, 2.05) is 34.7 Å². The summed E-state index contributed by atoms with van der Waals surface area (Å²) >= 11 is -1.05. The Labute approximate surface area is 131 Å². The zero-order valence-electron chi connectivity index (χ0n) is 13.5. The van der Waals surface area contributed by atoms with Crippen molar-refractivity contribution in [3.05, 3.63) is 30.3 Å². The summed E-state index contributed by atoms with van der Waals surface area (Å²) in [6, 6.07) is 10.1. The topological polar surface area (TPSA) is 41.9 Å². The number of benzene rings is 1. The minimum atomic E-state index is -1.05. The molecule has 1 unspecified atom stereocenters. The zero-order chi connectivity index (χ0) is 15.6. The summed E-state index contributed by atoms with van der Waals surface area (Å²) in [7, 11) is 0. The molecule has 0 aliphatic carbocycles. The third-order valence-corrected chi connectivity index (χ3v) is 4.41. The second-order valence-corrected chi connectivity index (χ2v) is 7.92. The van der Waals surface area contributed by atoms with Gasteiger partial charge in [0.15, 0.2) is 0 Å². The van der Waals surface area contributed by atoms with Gasteiger partial charge in [-0.2, -0.15) is 0 Å². The largest absolute Gasteiger partial charge is 0.591 e. The van der Waals surface area contributed by atoms with Crippen molar-refractivity contribution in [3.8, 4) is 0 Å². The van der Waals surface area contributed by atoms with E-state index in [2.05, 4.69) is 39.6 Å². The highest BCUT2D eigenvalue weighted by Gasteiger charge is 2.37. The molecule has 1 heterocycles. The molecule has 1 aliphatic rings. The van der Waals surface area contributed by atoms with Gasteiger partial charge < -0.3 is 4.55 Å². The van der Waals surface area contributed by atoms with Crippen molar-refractivity contribution in [1.29, 1.82) is 0 Å². The number of aliphatic imine (C=N–C) groups is 1. The Morgan fingerprint density at radius 1 is 1.19 bits per heavy atom. The Balaban J connectivity index is 2.43. The average Bonchev–Trinajstić information content (AvgIpc) is 2.39. The maximum Gasteiger partial charge on any atom is 0.140 e. The molecule has 0 saturated carbocycles. The quantitative estimate of drug-likeness (QED) is 0.787. The molecule has 1 fully saturated rings. The van der Waals surface area contributed by atoms with Gasteiger partial charge in [0.1, 0.15) is 17.3 Å². The first-order valence-corrected chi connectivity index (χ1v) is 8.69. The predicted molar refractivity (Wildman–Crippen MR) is 90.7 cm³/mol. The van der Waals surface area contributed by atoms with Gasteiger partial charge in [-0.3, -0.25) is 4.99 Å². The number of nitrogens with zero attached hydrogens (tertiary/aromatic N) is 3. The van der Waals surface area contributed by atoms with E-state index in [4.69, 9.17) is 4.99 Å². The summed E-state index contributed by atoms with van der Waals surface area (Å²) in [4.78, 5) is 4.85. The molecule has 1 aliphatic heterocycles. The Hall–Kier alpha value is -1.20. The first-order chi connectivity index (χ1) is 9.79. The van der Waals surface area contributed by atoms with Crippen LogP contribution in [-0.4, -0.2) is 32.7 Å². The van der Waals surface area contributed by atoms with E-state index in [1.165, 1.54) is 0 Å². The molecule has 0 bridgehead atoms. The van der Waals surface area contributed by atoms with E-state index in [9.17, 15) is 4.55 Å². The molecule has 1 aromatic carbocycles. The van der Waals surface area contributed by atoms with E-state index < -0.39 is 11.4 Å². The van der Waals surface area contributed by atoms with Crippen LogP contribution in [0.1, 0.15) is 41.0 Å². The van der Waals surface area contributed by atoms with Crippen LogP contribution in [0.2, 0.25) is 0 Å². The molecule has 21 heavy (non-hydrogen) atoms. The molecular formula is C16H25N3OS. The van der Waals surface area contributed by atoms with E-state index in [0.717, 1.165) is 17.9 Å². The second-order valence-electron chi connectivity index (χ2n) is 6.52. The Bertz CT molecular complexity index is 496. The summed E-state index contributed by atoms with van der Waals surface area (Å²) in [5, 5.41) is 2.08. The van der Waals surface area contributed by atoms with Gasteiger partial charge in [-0.25, -0.2) is 5.01 Å². The highest BCUT2D eigenvalue weighted by atomic mass is 32.2. The lowest BCUT2D eigenvalue weighted by Crippen LogP contribution is -2.58. The summed E-state index contributed by atoms with van der Waals surface area (Å²) in [6.45, 7) is 10.5. The van der Waals surface area contributed by atoms with Crippen LogP contribution < -0.4 is 4.41 Å². The summed E-state index contributed by atoms with van der Waals surface area (Å²) in [5.74, 6) is 1.63. The molecule has 0 amide bonds. The van der Waals surface area contributed by atoms with Crippen molar-refractivity contribution < 1.29 is 4.55 Å². The Morgan fingerprint density at radius 3 is 2.33 bits per heavy atom. The summed E-state index contributed by atoms with van der Waals surface area (Å²) in [5.41, 5.74) is 0.815. The van der Waals surface area contributed by atoms with Crippen LogP contribution in [0, 0.1) is 0 Å². The molecule has 0 N–H and O–H groups in total. The third-order valence-electron chi connectivity index (χ3n) is 3.08. The molecule has 116 valence electrons. The van der Waals surface area contributed by atoms with Crippen molar-refractivity contribution >= 4 is 22.9 Å². The van der Waals surface area contributed by atoms with Crippen LogP contribution in [0.25, 0.3) is 0 Å². The van der Waals surface area contributed by atoms with Gasteiger partial charge in [0.2, 0.25) is 0 Å². The third kappa shape index (κ3) is 3.92. The van der Waals surface area contributed by atoms with Crippen LogP contribution in [0.5, 0.6) is 0 Å². The lowest BCUT2D eigenvalue weighted by molar-refractivity contribution is 0.344. The minimum Gasteiger partial charge on any atom is -0.591 e. The molecule has 1 saturated heterocycles. The molecule has 0 radical (unpaired) electrons. The van der Waals surface area contributed by atoms with Crippen molar-refractivity contribution in [3.63, 3.8) is 0 Å². The van der Waals surface area contributed by atoms with Crippen LogP contribution in [0.3, 0.4) is 0 Å². The minimum absolute atomic E-state index is 0.135. The lowest BCUT2D eigenvalue weighted by atomic mass is 10.1. The van der Waals surface area contributed by atoms with Crippen LogP contribution in [0.4, 0.5) is 5.69 Å². The molecular weight excluding hydrogens is 282 g/mol. The normalized spacial score (nSPS) is 22.2. The first-order valence-electron chi connectivity index (χ1n) is 7.41. The lowest BCUT2D eigenvalue weighted by Gasteiger charge is -2.43. The number of rotatable bonds is 2. The van der Waals surface area contributed by atoms with Crippen molar-refractivity contribution in [1.82, 2.24) is 5.01 Å². The van der Waals surface area contributed by atoms with Gasteiger partial charge in [-0.05, 0) is 46.8 Å². The maximum absolute atomic E-state index is 12.6. The Morgan fingerprint density at radius 2 is 1.81 bits per heavy atom. The molecule has 1 atom stereocenters. The average molecular weight is 307 g/mol. The molecule has 0 spiro atoms. The van der Waals surface area contributed by atoms with E-state index in [1.54, 1.807) is 0 Å². The van der Waals surface area contributed by atoms with E-state index in [-0.39, 0.29) is 11.6 Å². The second kappa shape index (κ2) is 6.28. The van der Waals surface area contributed by atoms with Gasteiger partial charge in [0, 0.05) is 0 Å². The van der Waals surface area contributed by atoms with E-state index in [0.29, 0.717) is 5.75 Å². The number of anilines is 1. The predicted octanol–water partition coefficient (Wildman–Crippen LogP) is 3.38. The van der Waals surface area contributed by atoms with Gasteiger partial charge in [-0.1, -0.05) is 18.2 Å². The maximum atomic E-state index is 12.6. The highest BCUT2D eigenvalue weighted by molar-refractivity contribution is 7.92. The number of amidine groups is 1. The van der Waals surface area contributed by atoms with E-state index >= 15 is 0 Å². The van der Waals surface area contributed by atoms with Crippen molar-refractivity contribution in [2.45, 2.75) is 52.6 Å². The number of para-hydroxylation sites is 1. The highest BCUT2D eigenvalue weighted by Crippen LogP contribution is 2.28. The van der Waals surface area contributed by atoms with Gasteiger partial charge >= 0.3 is 0 Å². The van der Waals surface area contributed by atoms with Gasteiger partial charge in [0.25, 0.3) is 0 Å². The SMILES string of the molecule is CC(C)N1C(=NC(C)(C)C)CC[S+]([O-])N1c1ccccc1. The molecule has 2 rings (SSSR count). The number of hydrogen-bond acceptors (Lipinski definition) is 3. The summed E-state index contributed by atoms with van der Waals surface area (Å²) < 4.78 is 14.4. The molecule has 5 heteroatoms. The smallest absolute Gasteiger partial charge is 0.140 e. The fourth-order valence-corrected chi connectivity index (χ4v) is 3.75. The van der Waals surface area contributed by atoms with Crippen LogP contribution >= 0.6 is 0 Å². The fraction of sp³-hybridized carbons (Fsp3) is 0.562. The van der Waals surface area contributed by atoms with Crippen molar-refractivity contribution in [2.75, 3.05) is 10.2 Å². The zero-order valence-corrected chi connectivity index (χ0v) is 14.4. The Kier molecular flexibility index (Phi) is 4.84. The van der Waals surface area contributed by atoms with Crippen molar-refractivity contribution in [2.24, 2.45) is 4.99 Å². The summed E-state index contributed by atoms with van der Waals surface area (Å²) in [6.07, 6.45) is 0.755. The fourth-order valence-electron chi connectivity index (χ4n) is 2.38. The van der Waals surface area contributed by atoms with Gasteiger partial charge in [0.05, 0.1) is 29.4 Å². The monoisotopic (exact) mass is 307 g/mol. The van der Waals surface area contributed by atoms with Gasteiger partial charge in [-0.15, -0.1) is 4.41 Å². The molecule has 0 aromatic heterocycles. The standard InChI is InChI=1S/C16H25N3OS/c1-13(2)18-15(17-16(3,4)5)11-12-21(20)19(18)14-9-7-6-8-10-14/h6-10,13H,11-12H2,1-5H3. The number of hydrazine groups is 1. The number of hydrogen-bond donors (Lipinski definition) is 0. The first kappa shape index (κ1) is 16.2.